The number of halogens is 1. The minimum absolute atomic E-state index is 0.0140. The number of hydrogen-bond donors (Lipinski definition) is 1. The molecular weight excluding hydrogens is 198 g/mol. The van der Waals surface area contributed by atoms with E-state index < -0.39 is 0 Å². The highest BCUT2D eigenvalue weighted by molar-refractivity contribution is 6.18. The van der Waals surface area contributed by atoms with E-state index in [2.05, 4.69) is 24.3 Å². The molecule has 1 heterocycles. The summed E-state index contributed by atoms with van der Waals surface area (Å²) in [5.41, 5.74) is 1.25. The molecule has 0 aliphatic rings. The number of nitrogens with zero attached hydrogens (tertiary/aromatic N) is 2. The van der Waals surface area contributed by atoms with Crippen molar-refractivity contribution in [2.24, 2.45) is 7.05 Å². The highest BCUT2D eigenvalue weighted by Crippen LogP contribution is 2.04. The molecule has 0 atom stereocenters. The van der Waals surface area contributed by atoms with Crippen LogP contribution < -0.4 is 5.32 Å². The molecule has 0 aliphatic carbocycles. The first-order valence-corrected chi connectivity index (χ1v) is 5.36. The lowest BCUT2D eigenvalue weighted by Crippen LogP contribution is -2.42. The van der Waals surface area contributed by atoms with E-state index in [9.17, 15) is 0 Å². The Morgan fingerprint density at radius 2 is 2.29 bits per heavy atom. The molecule has 0 aliphatic heterocycles. The number of nitrogens with one attached hydrogen (secondary N) is 1. The summed E-state index contributed by atoms with van der Waals surface area (Å²) in [6, 6.07) is 2.04. The fourth-order valence-electron chi connectivity index (χ4n) is 1.22. The number of aromatic nitrogens is 2. The number of hydrogen-bond acceptors (Lipinski definition) is 2. The zero-order valence-corrected chi connectivity index (χ0v) is 9.80. The first-order valence-electron chi connectivity index (χ1n) is 4.83. The number of alkyl halides is 1. The van der Waals surface area contributed by atoms with Gasteiger partial charge < -0.3 is 5.32 Å². The molecular formula is C10H18ClN3. The Morgan fingerprint density at radius 3 is 2.79 bits per heavy atom. The molecule has 0 aromatic carbocycles. The predicted octanol–water partition coefficient (Wildman–Crippen LogP) is 1.57. The van der Waals surface area contributed by atoms with Crippen LogP contribution in [-0.4, -0.2) is 27.7 Å². The largest absolute Gasteiger partial charge is 0.310 e. The van der Waals surface area contributed by atoms with Gasteiger partial charge in [-0.1, -0.05) is 0 Å². The summed E-state index contributed by atoms with van der Waals surface area (Å²) in [6.45, 7) is 5.13. The number of aryl methyl sites for hydroxylation is 1. The van der Waals surface area contributed by atoms with Crippen molar-refractivity contribution in [1.82, 2.24) is 15.1 Å². The van der Waals surface area contributed by atoms with Crippen LogP contribution in [0.3, 0.4) is 0 Å². The summed E-state index contributed by atoms with van der Waals surface area (Å²) in [7, 11) is 1.96. The molecule has 4 heteroatoms. The normalized spacial score (nSPS) is 12.0. The van der Waals surface area contributed by atoms with Crippen LogP contribution in [-0.2, 0) is 13.5 Å². The van der Waals surface area contributed by atoms with Crippen LogP contribution in [0.15, 0.2) is 12.3 Å². The second-order valence-electron chi connectivity index (χ2n) is 4.14. The Bertz CT molecular complexity index is 281. The Kier molecular flexibility index (Phi) is 3.96. The minimum Gasteiger partial charge on any atom is -0.310 e. The lowest BCUT2D eigenvalue weighted by Gasteiger charge is -2.23. The van der Waals surface area contributed by atoms with Crippen molar-refractivity contribution < 1.29 is 0 Å². The summed E-state index contributed by atoms with van der Waals surface area (Å²) in [4.78, 5) is 0. The van der Waals surface area contributed by atoms with Crippen LogP contribution in [0, 0.1) is 0 Å². The Hall–Kier alpha value is -0.540. The van der Waals surface area contributed by atoms with E-state index in [4.69, 9.17) is 11.6 Å². The summed E-state index contributed by atoms with van der Waals surface area (Å²) in [6.07, 6.45) is 2.80. The first kappa shape index (κ1) is 11.5. The first-order chi connectivity index (χ1) is 6.55. The quantitative estimate of drug-likeness (QED) is 0.756. The van der Waals surface area contributed by atoms with E-state index in [1.807, 2.05) is 24.0 Å². The molecule has 0 fully saturated rings. The van der Waals surface area contributed by atoms with Crippen LogP contribution in [0.4, 0.5) is 0 Å². The van der Waals surface area contributed by atoms with Crippen LogP contribution in [0.5, 0.6) is 0 Å². The Labute approximate surface area is 90.4 Å². The third-order valence-corrected chi connectivity index (χ3v) is 2.91. The highest BCUT2D eigenvalue weighted by atomic mass is 35.5. The van der Waals surface area contributed by atoms with E-state index >= 15 is 0 Å². The van der Waals surface area contributed by atoms with Crippen LogP contribution in [0.1, 0.15) is 19.5 Å². The van der Waals surface area contributed by atoms with Crippen molar-refractivity contribution in [3.63, 3.8) is 0 Å². The zero-order chi connectivity index (χ0) is 10.6. The van der Waals surface area contributed by atoms with Gasteiger partial charge in [-0.3, -0.25) is 4.68 Å². The van der Waals surface area contributed by atoms with Gasteiger partial charge in [-0.05, 0) is 19.9 Å². The van der Waals surface area contributed by atoms with Gasteiger partial charge in [0.1, 0.15) is 0 Å². The van der Waals surface area contributed by atoms with E-state index in [0.717, 1.165) is 13.0 Å². The molecule has 0 saturated heterocycles. The molecule has 0 saturated carbocycles. The second kappa shape index (κ2) is 4.80. The lowest BCUT2D eigenvalue weighted by atomic mass is 10.1. The molecule has 1 N–H and O–H groups in total. The van der Waals surface area contributed by atoms with Crippen molar-refractivity contribution in [3.05, 3.63) is 18.0 Å². The Morgan fingerprint density at radius 1 is 1.57 bits per heavy atom. The minimum atomic E-state index is 0.0140. The lowest BCUT2D eigenvalue weighted by molar-refractivity contribution is 0.431. The fourth-order valence-corrected chi connectivity index (χ4v) is 1.32. The molecule has 1 rings (SSSR count). The maximum absolute atomic E-state index is 5.81. The van der Waals surface area contributed by atoms with Gasteiger partial charge in [0.15, 0.2) is 0 Å². The molecule has 0 bridgehead atoms. The molecule has 80 valence electrons. The molecule has 1 aromatic rings. The highest BCUT2D eigenvalue weighted by Gasteiger charge is 2.14. The third-order valence-electron chi connectivity index (χ3n) is 2.24. The van der Waals surface area contributed by atoms with Gasteiger partial charge in [-0.25, -0.2) is 0 Å². The molecule has 0 unspecified atom stereocenters. The van der Waals surface area contributed by atoms with Crippen LogP contribution in [0.25, 0.3) is 0 Å². The molecule has 0 amide bonds. The van der Waals surface area contributed by atoms with Gasteiger partial charge in [0.25, 0.3) is 0 Å². The van der Waals surface area contributed by atoms with E-state index in [1.165, 1.54) is 5.69 Å². The second-order valence-corrected chi connectivity index (χ2v) is 4.41. The van der Waals surface area contributed by atoms with Crippen molar-refractivity contribution in [1.29, 1.82) is 0 Å². The van der Waals surface area contributed by atoms with Crippen molar-refractivity contribution in [3.8, 4) is 0 Å². The predicted molar refractivity (Wildman–Crippen MR) is 59.7 cm³/mol. The van der Waals surface area contributed by atoms with Gasteiger partial charge >= 0.3 is 0 Å². The SMILES string of the molecule is Cn1nccc1CCNC(C)(C)CCl. The van der Waals surface area contributed by atoms with Gasteiger partial charge in [0, 0.05) is 43.3 Å². The standard InChI is InChI=1S/C10H18ClN3/c1-10(2,8-11)12-6-4-9-5-7-13-14(9)3/h5,7,12H,4,6,8H2,1-3H3. The zero-order valence-electron chi connectivity index (χ0n) is 9.05. The fraction of sp³-hybridized carbons (Fsp3) is 0.700. The summed E-state index contributed by atoms with van der Waals surface area (Å²) < 4.78 is 1.90. The van der Waals surface area contributed by atoms with Crippen LogP contribution >= 0.6 is 11.6 Å². The summed E-state index contributed by atoms with van der Waals surface area (Å²) in [5, 5.41) is 7.52. The Balaban J connectivity index is 2.32. The van der Waals surface area contributed by atoms with Crippen molar-refractivity contribution in [2.45, 2.75) is 25.8 Å². The van der Waals surface area contributed by atoms with Gasteiger partial charge in [0.05, 0.1) is 0 Å². The third kappa shape index (κ3) is 3.31. The average Bonchev–Trinajstić information content (AvgIpc) is 2.52. The molecule has 14 heavy (non-hydrogen) atoms. The van der Waals surface area contributed by atoms with Gasteiger partial charge in [-0.2, -0.15) is 5.10 Å². The van der Waals surface area contributed by atoms with Crippen LogP contribution in [0.2, 0.25) is 0 Å². The molecule has 0 radical (unpaired) electrons. The molecule has 3 nitrogen and oxygen atoms in total. The van der Waals surface area contributed by atoms with Gasteiger partial charge in [0.2, 0.25) is 0 Å². The van der Waals surface area contributed by atoms with E-state index in [1.54, 1.807) is 0 Å². The van der Waals surface area contributed by atoms with Gasteiger partial charge in [-0.15, -0.1) is 11.6 Å². The summed E-state index contributed by atoms with van der Waals surface area (Å²) in [5.74, 6) is 0.623. The molecule has 0 spiro atoms. The van der Waals surface area contributed by atoms with Crippen molar-refractivity contribution >= 4 is 11.6 Å². The maximum atomic E-state index is 5.81. The van der Waals surface area contributed by atoms with E-state index in [0.29, 0.717) is 5.88 Å². The number of rotatable bonds is 5. The topological polar surface area (TPSA) is 29.9 Å². The maximum Gasteiger partial charge on any atom is 0.0492 e. The van der Waals surface area contributed by atoms with Crippen molar-refractivity contribution in [2.75, 3.05) is 12.4 Å². The van der Waals surface area contributed by atoms with E-state index in [-0.39, 0.29) is 5.54 Å². The average molecular weight is 216 g/mol. The summed E-state index contributed by atoms with van der Waals surface area (Å²) >= 11 is 5.81. The molecule has 1 aromatic heterocycles. The monoisotopic (exact) mass is 215 g/mol. The smallest absolute Gasteiger partial charge is 0.0492 e.